The molecule has 1 aromatic carbocycles. The first-order valence-electron chi connectivity index (χ1n) is 3.97. The summed E-state index contributed by atoms with van der Waals surface area (Å²) in [7, 11) is 0. The summed E-state index contributed by atoms with van der Waals surface area (Å²) in [6.45, 7) is 0. The van der Waals surface area contributed by atoms with Crippen molar-refractivity contribution in [2.24, 2.45) is 0 Å². The van der Waals surface area contributed by atoms with Gasteiger partial charge in [-0.3, -0.25) is 4.98 Å². The van der Waals surface area contributed by atoms with Crippen molar-refractivity contribution in [3.05, 3.63) is 35.1 Å². The fourth-order valence-electron chi connectivity index (χ4n) is 1.25. The van der Waals surface area contributed by atoms with E-state index in [0.29, 0.717) is 0 Å². The van der Waals surface area contributed by atoms with Crippen molar-refractivity contribution in [1.29, 1.82) is 0 Å². The van der Waals surface area contributed by atoms with Crippen molar-refractivity contribution < 1.29 is 13.2 Å². The van der Waals surface area contributed by atoms with Crippen LogP contribution in [0.15, 0.2) is 24.4 Å². The number of rotatable bonds is 0. The zero-order valence-electron chi connectivity index (χ0n) is 7.22. The molecule has 15 heavy (non-hydrogen) atoms. The number of hydrogen-bond donors (Lipinski definition) is 0. The number of fused-ring (bicyclic) bond motifs is 1. The molecule has 2 nitrogen and oxygen atoms in total. The van der Waals surface area contributed by atoms with Gasteiger partial charge in [-0.1, -0.05) is 17.7 Å². The SMILES string of the molecule is FC(F)(F)c1cccc2nc(Cl)cnc12. The third-order valence-corrected chi connectivity index (χ3v) is 2.03. The van der Waals surface area contributed by atoms with Crippen LogP contribution >= 0.6 is 11.6 Å². The van der Waals surface area contributed by atoms with Gasteiger partial charge in [-0.25, -0.2) is 4.98 Å². The molecule has 6 heteroatoms. The van der Waals surface area contributed by atoms with Crippen LogP contribution in [-0.4, -0.2) is 9.97 Å². The van der Waals surface area contributed by atoms with Crippen molar-refractivity contribution in [2.45, 2.75) is 6.18 Å². The summed E-state index contributed by atoms with van der Waals surface area (Å²) in [5, 5.41) is 0.0711. The molecule has 0 aliphatic rings. The third-order valence-electron chi connectivity index (χ3n) is 1.85. The fraction of sp³-hybridized carbons (Fsp3) is 0.111. The van der Waals surface area contributed by atoms with Crippen LogP contribution in [0.2, 0.25) is 5.15 Å². The van der Waals surface area contributed by atoms with Gasteiger partial charge in [0.05, 0.1) is 17.3 Å². The van der Waals surface area contributed by atoms with Crippen molar-refractivity contribution >= 4 is 22.6 Å². The van der Waals surface area contributed by atoms with Crippen LogP contribution in [0.25, 0.3) is 11.0 Å². The lowest BCUT2D eigenvalue weighted by atomic mass is 10.1. The number of hydrogen-bond acceptors (Lipinski definition) is 2. The third kappa shape index (κ3) is 1.87. The van der Waals surface area contributed by atoms with Crippen molar-refractivity contribution in [3.63, 3.8) is 0 Å². The summed E-state index contributed by atoms with van der Waals surface area (Å²) in [5.74, 6) is 0. The summed E-state index contributed by atoms with van der Waals surface area (Å²) in [6.07, 6.45) is -3.33. The molecule has 0 bridgehead atoms. The van der Waals surface area contributed by atoms with Crippen LogP contribution in [-0.2, 0) is 6.18 Å². The van der Waals surface area contributed by atoms with Crippen molar-refractivity contribution in [3.8, 4) is 0 Å². The minimum absolute atomic E-state index is 0.0711. The van der Waals surface area contributed by atoms with Crippen molar-refractivity contribution in [1.82, 2.24) is 9.97 Å². The summed E-state index contributed by atoms with van der Waals surface area (Å²) >= 11 is 5.53. The summed E-state index contributed by atoms with van der Waals surface area (Å²) in [4.78, 5) is 7.39. The van der Waals surface area contributed by atoms with Gasteiger partial charge in [-0.2, -0.15) is 13.2 Å². The minimum Gasteiger partial charge on any atom is -0.251 e. The number of aromatic nitrogens is 2. The van der Waals surface area contributed by atoms with E-state index in [1.807, 2.05) is 0 Å². The predicted molar refractivity (Wildman–Crippen MR) is 49.6 cm³/mol. The van der Waals surface area contributed by atoms with E-state index >= 15 is 0 Å². The second-order valence-electron chi connectivity index (χ2n) is 2.86. The maximum absolute atomic E-state index is 12.5. The molecular formula is C9H4ClF3N2. The number of benzene rings is 1. The monoisotopic (exact) mass is 232 g/mol. The number of nitrogens with zero attached hydrogens (tertiary/aromatic N) is 2. The quantitative estimate of drug-likeness (QED) is 0.696. The van der Waals surface area contributed by atoms with Gasteiger partial charge in [0.1, 0.15) is 10.7 Å². The van der Waals surface area contributed by atoms with E-state index in [1.165, 1.54) is 12.1 Å². The van der Waals surface area contributed by atoms with E-state index in [2.05, 4.69) is 9.97 Å². The van der Waals surface area contributed by atoms with Gasteiger partial charge in [0, 0.05) is 0 Å². The lowest BCUT2D eigenvalue weighted by Gasteiger charge is -2.08. The Morgan fingerprint density at radius 1 is 1.20 bits per heavy atom. The summed E-state index contributed by atoms with van der Waals surface area (Å²) < 4.78 is 37.6. The highest BCUT2D eigenvalue weighted by molar-refractivity contribution is 6.29. The average Bonchev–Trinajstić information content (AvgIpc) is 2.15. The number of para-hydroxylation sites is 1. The van der Waals surface area contributed by atoms with Crippen molar-refractivity contribution in [2.75, 3.05) is 0 Å². The second kappa shape index (κ2) is 3.34. The van der Waals surface area contributed by atoms with Gasteiger partial charge in [0.2, 0.25) is 0 Å². The lowest BCUT2D eigenvalue weighted by molar-refractivity contribution is -0.136. The zero-order valence-corrected chi connectivity index (χ0v) is 7.97. The van der Waals surface area contributed by atoms with Crippen LogP contribution in [0.1, 0.15) is 5.56 Å². The first-order chi connectivity index (χ1) is 6.98. The summed E-state index contributed by atoms with van der Waals surface area (Å²) in [6, 6.07) is 3.67. The zero-order chi connectivity index (χ0) is 11.1. The summed E-state index contributed by atoms with van der Waals surface area (Å²) in [5.41, 5.74) is -0.851. The molecule has 0 aliphatic heterocycles. The van der Waals surface area contributed by atoms with Crippen LogP contribution < -0.4 is 0 Å². The van der Waals surface area contributed by atoms with Gasteiger partial charge < -0.3 is 0 Å². The molecule has 0 saturated heterocycles. The standard InChI is InChI=1S/C9H4ClF3N2/c10-7-4-14-8-5(9(11,12)13)2-1-3-6(8)15-7/h1-4H. The van der Waals surface area contributed by atoms with Crippen LogP contribution in [0.5, 0.6) is 0 Å². The maximum atomic E-state index is 12.5. The highest BCUT2D eigenvalue weighted by Crippen LogP contribution is 2.33. The molecule has 1 aromatic heterocycles. The van der Waals surface area contributed by atoms with E-state index in [0.717, 1.165) is 12.3 Å². The molecule has 0 amide bonds. The van der Waals surface area contributed by atoms with E-state index in [4.69, 9.17) is 11.6 Å². The molecule has 2 aromatic rings. The molecule has 0 unspecified atom stereocenters. The normalized spacial score (nSPS) is 12.0. The Morgan fingerprint density at radius 3 is 2.60 bits per heavy atom. The number of alkyl halides is 3. The first kappa shape index (κ1) is 10.2. The smallest absolute Gasteiger partial charge is 0.251 e. The highest BCUT2D eigenvalue weighted by Gasteiger charge is 2.33. The molecular weight excluding hydrogens is 229 g/mol. The topological polar surface area (TPSA) is 25.8 Å². The largest absolute Gasteiger partial charge is 0.418 e. The van der Waals surface area contributed by atoms with Gasteiger partial charge in [0.15, 0.2) is 0 Å². The Morgan fingerprint density at radius 2 is 1.93 bits per heavy atom. The van der Waals surface area contributed by atoms with Gasteiger partial charge in [-0.15, -0.1) is 0 Å². The predicted octanol–water partition coefficient (Wildman–Crippen LogP) is 3.30. The second-order valence-corrected chi connectivity index (χ2v) is 3.25. The molecule has 0 aliphatic carbocycles. The minimum atomic E-state index is -4.43. The fourth-order valence-corrected chi connectivity index (χ4v) is 1.39. The molecule has 1 heterocycles. The van der Waals surface area contributed by atoms with E-state index in [-0.39, 0.29) is 16.2 Å². The van der Waals surface area contributed by atoms with Crippen LogP contribution in [0.4, 0.5) is 13.2 Å². The van der Waals surface area contributed by atoms with Crippen LogP contribution in [0, 0.1) is 0 Å². The average molecular weight is 233 g/mol. The number of halogens is 4. The van der Waals surface area contributed by atoms with E-state index in [1.54, 1.807) is 0 Å². The first-order valence-corrected chi connectivity index (χ1v) is 4.35. The Labute approximate surface area is 87.7 Å². The molecule has 0 atom stereocenters. The molecule has 0 N–H and O–H groups in total. The Kier molecular flexibility index (Phi) is 2.26. The molecule has 0 spiro atoms. The maximum Gasteiger partial charge on any atom is 0.418 e. The van der Waals surface area contributed by atoms with Crippen LogP contribution in [0.3, 0.4) is 0 Å². The Bertz CT molecular complexity index is 510. The van der Waals surface area contributed by atoms with E-state index in [9.17, 15) is 13.2 Å². The Hall–Kier alpha value is -1.36. The molecule has 78 valence electrons. The van der Waals surface area contributed by atoms with Gasteiger partial charge in [0.25, 0.3) is 0 Å². The highest BCUT2D eigenvalue weighted by atomic mass is 35.5. The van der Waals surface area contributed by atoms with E-state index < -0.39 is 11.7 Å². The Balaban J connectivity index is 2.77. The molecule has 2 rings (SSSR count). The molecule has 0 fully saturated rings. The van der Waals surface area contributed by atoms with Gasteiger partial charge in [-0.05, 0) is 12.1 Å². The lowest BCUT2D eigenvalue weighted by Crippen LogP contribution is -2.06. The van der Waals surface area contributed by atoms with Gasteiger partial charge >= 0.3 is 6.18 Å². The molecule has 0 radical (unpaired) electrons. The molecule has 0 saturated carbocycles.